The lowest BCUT2D eigenvalue weighted by Crippen LogP contribution is -3.14. The molecular formula is C27H31FN2O6. The Morgan fingerprint density at radius 1 is 1.14 bits per heavy atom. The van der Waals surface area contributed by atoms with E-state index in [1.165, 1.54) is 29.0 Å². The van der Waals surface area contributed by atoms with E-state index in [4.69, 9.17) is 14.2 Å². The number of likely N-dealkylation sites (tertiary alicyclic amines) is 1. The number of morpholine rings is 1. The molecule has 36 heavy (non-hydrogen) atoms. The predicted molar refractivity (Wildman–Crippen MR) is 128 cm³/mol. The van der Waals surface area contributed by atoms with E-state index in [0.717, 1.165) is 31.8 Å². The van der Waals surface area contributed by atoms with Crippen molar-refractivity contribution in [2.24, 2.45) is 0 Å². The molecule has 1 unspecified atom stereocenters. The van der Waals surface area contributed by atoms with Crippen LogP contribution in [0.25, 0.3) is 5.76 Å². The minimum absolute atomic E-state index is 0.142. The minimum atomic E-state index is -0.883. The maximum Gasteiger partial charge on any atom is 0.295 e. The Kier molecular flexibility index (Phi) is 8.22. The number of nitrogens with zero attached hydrogens (tertiary/aromatic N) is 1. The Bertz CT molecular complexity index is 1130. The van der Waals surface area contributed by atoms with E-state index in [1.54, 1.807) is 18.2 Å². The quantitative estimate of drug-likeness (QED) is 0.312. The van der Waals surface area contributed by atoms with Crippen LogP contribution in [0.4, 0.5) is 4.39 Å². The lowest BCUT2D eigenvalue weighted by molar-refractivity contribution is -0.908. The first kappa shape index (κ1) is 25.7. The maximum atomic E-state index is 13.5. The molecule has 2 aliphatic rings. The van der Waals surface area contributed by atoms with Crippen molar-refractivity contribution in [3.05, 3.63) is 65.0 Å². The molecule has 2 fully saturated rings. The fourth-order valence-electron chi connectivity index (χ4n) is 4.74. The molecule has 0 aliphatic carbocycles. The first-order chi connectivity index (χ1) is 17.4. The highest BCUT2D eigenvalue weighted by atomic mass is 19.1. The molecular weight excluding hydrogens is 467 g/mol. The Morgan fingerprint density at radius 2 is 1.86 bits per heavy atom. The average Bonchev–Trinajstić information content (AvgIpc) is 3.15. The van der Waals surface area contributed by atoms with Gasteiger partial charge in [0.05, 0.1) is 39.5 Å². The van der Waals surface area contributed by atoms with Gasteiger partial charge >= 0.3 is 0 Å². The second-order valence-corrected chi connectivity index (χ2v) is 8.79. The summed E-state index contributed by atoms with van der Waals surface area (Å²) in [5.41, 5.74) is 0.574. The molecule has 4 rings (SSSR count). The van der Waals surface area contributed by atoms with Gasteiger partial charge in [-0.05, 0) is 42.3 Å². The topological polar surface area (TPSA) is 92.6 Å². The third kappa shape index (κ3) is 5.37. The first-order valence-electron chi connectivity index (χ1n) is 12.2. The molecule has 1 amide bonds. The van der Waals surface area contributed by atoms with Gasteiger partial charge in [0.25, 0.3) is 5.91 Å². The normalized spacial score (nSPS) is 20.1. The third-order valence-electron chi connectivity index (χ3n) is 6.57. The molecule has 2 saturated heterocycles. The summed E-state index contributed by atoms with van der Waals surface area (Å²) in [6.45, 7) is 6.63. The molecule has 0 radical (unpaired) electrons. The number of methoxy groups -OCH3 is 1. The second kappa shape index (κ2) is 11.5. The smallest absolute Gasteiger partial charge is 0.295 e. The van der Waals surface area contributed by atoms with Gasteiger partial charge in [0.2, 0.25) is 5.78 Å². The predicted octanol–water partition coefficient (Wildman–Crippen LogP) is 0.762. The standard InChI is InChI=1S/C27H31FN2O6/c1-3-36-21-10-7-19(17-22(21)34-2)24-23(25(31)18-5-8-20(28)9-6-18)26(32)27(33)30(24)12-4-11-29-13-15-35-16-14-29/h5-10,17,24,31H,3-4,11-16H2,1-2H3. The molecule has 2 aliphatic heterocycles. The van der Waals surface area contributed by atoms with Gasteiger partial charge in [-0.15, -0.1) is 0 Å². The zero-order valence-corrected chi connectivity index (χ0v) is 20.6. The SMILES string of the molecule is CCOc1ccc(C2C(=C([O-])c3ccc(F)cc3)C(=O)C(=O)N2CCC[NH+]2CCOCC2)cc1OC. The van der Waals surface area contributed by atoms with E-state index >= 15 is 0 Å². The number of halogens is 1. The number of quaternary nitrogens is 1. The summed E-state index contributed by atoms with van der Waals surface area (Å²) in [6, 6.07) is 9.22. The van der Waals surface area contributed by atoms with Crippen LogP contribution < -0.4 is 19.5 Å². The number of Topliss-reactive ketones (excluding diaryl/α,β-unsaturated/α-hetero) is 1. The van der Waals surface area contributed by atoms with Crippen LogP contribution in [0.3, 0.4) is 0 Å². The van der Waals surface area contributed by atoms with Gasteiger partial charge in [-0.3, -0.25) is 9.59 Å². The zero-order valence-electron chi connectivity index (χ0n) is 20.6. The van der Waals surface area contributed by atoms with Gasteiger partial charge in [-0.1, -0.05) is 24.0 Å². The fourth-order valence-corrected chi connectivity index (χ4v) is 4.74. The van der Waals surface area contributed by atoms with Crippen LogP contribution in [0, 0.1) is 5.82 Å². The molecule has 192 valence electrons. The summed E-state index contributed by atoms with van der Waals surface area (Å²) >= 11 is 0. The summed E-state index contributed by atoms with van der Waals surface area (Å²) in [5, 5.41) is 13.5. The summed E-state index contributed by atoms with van der Waals surface area (Å²) in [4.78, 5) is 29.2. The molecule has 0 saturated carbocycles. The monoisotopic (exact) mass is 498 g/mol. The Morgan fingerprint density at radius 3 is 2.53 bits per heavy atom. The molecule has 2 heterocycles. The molecule has 2 aromatic carbocycles. The van der Waals surface area contributed by atoms with Crippen LogP contribution in [0.15, 0.2) is 48.0 Å². The second-order valence-electron chi connectivity index (χ2n) is 8.79. The molecule has 9 heteroatoms. The van der Waals surface area contributed by atoms with Crippen LogP contribution in [-0.4, -0.2) is 69.7 Å². The fraction of sp³-hybridized carbons (Fsp3) is 0.407. The number of rotatable bonds is 9. The van der Waals surface area contributed by atoms with Crippen molar-refractivity contribution in [2.75, 3.05) is 53.1 Å². The van der Waals surface area contributed by atoms with E-state index in [1.807, 2.05) is 6.92 Å². The average molecular weight is 499 g/mol. The summed E-state index contributed by atoms with van der Waals surface area (Å²) in [5.74, 6) is -1.67. The number of ketones is 1. The largest absolute Gasteiger partial charge is 0.872 e. The molecule has 1 atom stereocenters. The Balaban J connectivity index is 1.71. The highest BCUT2D eigenvalue weighted by Crippen LogP contribution is 2.41. The van der Waals surface area contributed by atoms with Crippen molar-refractivity contribution >= 4 is 17.4 Å². The molecule has 8 nitrogen and oxygen atoms in total. The van der Waals surface area contributed by atoms with Crippen molar-refractivity contribution in [3.63, 3.8) is 0 Å². The van der Waals surface area contributed by atoms with Crippen molar-refractivity contribution in [3.8, 4) is 11.5 Å². The zero-order chi connectivity index (χ0) is 25.7. The number of carbonyl (C=O) groups is 2. The molecule has 0 bridgehead atoms. The lowest BCUT2D eigenvalue weighted by atomic mass is 9.95. The van der Waals surface area contributed by atoms with E-state index in [2.05, 4.69) is 0 Å². The van der Waals surface area contributed by atoms with Gasteiger partial charge in [0.15, 0.2) is 11.5 Å². The number of ether oxygens (including phenoxy) is 3. The van der Waals surface area contributed by atoms with E-state index in [0.29, 0.717) is 49.8 Å². The van der Waals surface area contributed by atoms with Crippen LogP contribution in [0.5, 0.6) is 11.5 Å². The van der Waals surface area contributed by atoms with Crippen LogP contribution in [0.2, 0.25) is 0 Å². The molecule has 0 aromatic heterocycles. The summed E-state index contributed by atoms with van der Waals surface area (Å²) < 4.78 is 30.0. The number of hydrogen-bond donors (Lipinski definition) is 1. The molecule has 2 aromatic rings. The first-order valence-corrected chi connectivity index (χ1v) is 12.2. The van der Waals surface area contributed by atoms with Gasteiger partial charge in [-0.25, -0.2) is 4.39 Å². The Hall–Kier alpha value is -3.43. The third-order valence-corrected chi connectivity index (χ3v) is 6.57. The molecule has 0 spiro atoms. The maximum absolute atomic E-state index is 13.5. The number of nitrogens with one attached hydrogen (secondary N) is 1. The number of benzene rings is 2. The minimum Gasteiger partial charge on any atom is -0.872 e. The number of carbonyl (C=O) groups excluding carboxylic acids is 2. The lowest BCUT2D eigenvalue weighted by Gasteiger charge is -2.29. The van der Waals surface area contributed by atoms with Gasteiger partial charge in [-0.2, -0.15) is 0 Å². The van der Waals surface area contributed by atoms with E-state index in [-0.39, 0.29) is 11.1 Å². The number of hydrogen-bond acceptors (Lipinski definition) is 6. The van der Waals surface area contributed by atoms with Crippen molar-refractivity contribution < 1.29 is 38.2 Å². The number of amides is 1. The van der Waals surface area contributed by atoms with Gasteiger partial charge in [0, 0.05) is 18.5 Å². The molecule has 1 N–H and O–H groups in total. The Labute approximate surface area is 209 Å². The van der Waals surface area contributed by atoms with Crippen molar-refractivity contribution in [1.82, 2.24) is 4.90 Å². The summed E-state index contributed by atoms with van der Waals surface area (Å²) in [6.07, 6.45) is 0.664. The van der Waals surface area contributed by atoms with Crippen molar-refractivity contribution in [2.45, 2.75) is 19.4 Å². The van der Waals surface area contributed by atoms with Crippen LogP contribution in [0.1, 0.15) is 30.5 Å². The summed E-state index contributed by atoms with van der Waals surface area (Å²) in [7, 11) is 1.50. The van der Waals surface area contributed by atoms with E-state index in [9.17, 15) is 19.1 Å². The van der Waals surface area contributed by atoms with Crippen LogP contribution >= 0.6 is 0 Å². The highest BCUT2D eigenvalue weighted by Gasteiger charge is 2.44. The van der Waals surface area contributed by atoms with E-state index < -0.39 is 29.3 Å². The van der Waals surface area contributed by atoms with Gasteiger partial charge < -0.3 is 29.1 Å². The highest BCUT2D eigenvalue weighted by molar-refractivity contribution is 6.46. The van der Waals surface area contributed by atoms with Gasteiger partial charge in [0.1, 0.15) is 18.9 Å². The van der Waals surface area contributed by atoms with Crippen LogP contribution in [-0.2, 0) is 14.3 Å². The van der Waals surface area contributed by atoms with Crippen molar-refractivity contribution in [1.29, 1.82) is 0 Å².